The van der Waals surface area contributed by atoms with E-state index in [0.29, 0.717) is 45.2 Å². The first-order chi connectivity index (χ1) is 23.8. The van der Waals surface area contributed by atoms with Gasteiger partial charge in [-0.1, -0.05) is 35.9 Å². The van der Waals surface area contributed by atoms with Gasteiger partial charge in [0, 0.05) is 81.6 Å². The third kappa shape index (κ3) is 6.12. The monoisotopic (exact) mass is 684 g/mol. The van der Waals surface area contributed by atoms with E-state index in [-0.39, 0.29) is 17.5 Å². The molecule has 8 rings (SSSR count). The second-order valence-corrected chi connectivity index (χ2v) is 14.4. The molecule has 3 atom stereocenters. The predicted molar refractivity (Wildman–Crippen MR) is 190 cm³/mol. The van der Waals surface area contributed by atoms with Gasteiger partial charge in [0.1, 0.15) is 18.6 Å². The molecule has 12 heteroatoms. The number of aryl methyl sites for hydroxylation is 1. The first-order valence-corrected chi connectivity index (χ1v) is 17.7. The Kier molecular flexibility index (Phi) is 8.43. The minimum absolute atomic E-state index is 0.0252. The van der Waals surface area contributed by atoms with Gasteiger partial charge >= 0.3 is 6.01 Å². The quantitative estimate of drug-likeness (QED) is 0.232. The molecular weight excluding hydrogens is 643 g/mol. The van der Waals surface area contributed by atoms with Crippen molar-refractivity contribution < 1.29 is 13.9 Å². The lowest BCUT2D eigenvalue weighted by atomic mass is 9.95. The number of amides is 1. The van der Waals surface area contributed by atoms with Crippen LogP contribution in [0.15, 0.2) is 55.0 Å². The van der Waals surface area contributed by atoms with Gasteiger partial charge < -0.3 is 24.0 Å². The van der Waals surface area contributed by atoms with Crippen LogP contribution in [0, 0.1) is 0 Å². The molecule has 0 unspecified atom stereocenters. The molecule has 49 heavy (non-hydrogen) atoms. The molecular formula is C37H42ClFN8O2. The number of fused-ring (bicyclic) bond motifs is 3. The zero-order chi connectivity index (χ0) is 33.7. The van der Waals surface area contributed by atoms with Gasteiger partial charge in [-0.05, 0) is 55.8 Å². The van der Waals surface area contributed by atoms with Gasteiger partial charge in [-0.2, -0.15) is 9.97 Å². The Bertz CT molecular complexity index is 1910. The highest BCUT2D eigenvalue weighted by atomic mass is 35.5. The molecule has 4 aromatic rings. The highest BCUT2D eigenvalue weighted by Crippen LogP contribution is 2.41. The van der Waals surface area contributed by atoms with Crippen LogP contribution in [0.2, 0.25) is 5.02 Å². The first-order valence-electron chi connectivity index (χ1n) is 17.3. The van der Waals surface area contributed by atoms with E-state index in [1.54, 1.807) is 18.5 Å². The normalized spacial score (nSPS) is 23.8. The summed E-state index contributed by atoms with van der Waals surface area (Å²) in [5.74, 6) is 0.817. The van der Waals surface area contributed by atoms with Crippen molar-refractivity contribution in [3.8, 4) is 6.01 Å². The van der Waals surface area contributed by atoms with Gasteiger partial charge in [-0.25, -0.2) is 9.37 Å². The van der Waals surface area contributed by atoms with Gasteiger partial charge in [0.2, 0.25) is 5.91 Å². The van der Waals surface area contributed by atoms with E-state index in [1.807, 2.05) is 34.8 Å². The molecule has 10 nitrogen and oxygen atoms in total. The van der Waals surface area contributed by atoms with Crippen LogP contribution < -0.4 is 14.5 Å². The van der Waals surface area contributed by atoms with Crippen LogP contribution in [0.1, 0.15) is 42.6 Å². The number of aromatic nitrogens is 4. The molecule has 2 aromatic heterocycles. The Morgan fingerprint density at radius 1 is 1.16 bits per heavy atom. The van der Waals surface area contributed by atoms with E-state index < -0.39 is 6.17 Å². The fourth-order valence-corrected chi connectivity index (χ4v) is 8.63. The number of nitrogens with zero attached hydrogens (tertiary/aromatic N) is 8. The Hall–Kier alpha value is -4.22. The van der Waals surface area contributed by atoms with Crippen molar-refractivity contribution in [1.29, 1.82) is 0 Å². The molecule has 0 N–H and O–H groups in total. The van der Waals surface area contributed by atoms with Crippen molar-refractivity contribution in [3.63, 3.8) is 0 Å². The van der Waals surface area contributed by atoms with E-state index in [9.17, 15) is 9.18 Å². The van der Waals surface area contributed by atoms with Crippen molar-refractivity contribution >= 4 is 45.9 Å². The summed E-state index contributed by atoms with van der Waals surface area (Å²) in [6.07, 6.45) is 10.2. The largest absolute Gasteiger partial charge is 0.461 e. The molecule has 4 aliphatic heterocycles. The highest BCUT2D eigenvalue weighted by Gasteiger charge is 2.49. The fraction of sp³-hybridized carbons (Fsp3) is 0.459. The summed E-state index contributed by atoms with van der Waals surface area (Å²) in [7, 11) is 3.97. The summed E-state index contributed by atoms with van der Waals surface area (Å²) in [5, 5.41) is 2.86. The maximum atomic E-state index is 14.6. The highest BCUT2D eigenvalue weighted by molar-refractivity contribution is 6.36. The van der Waals surface area contributed by atoms with Gasteiger partial charge in [0.15, 0.2) is 0 Å². The van der Waals surface area contributed by atoms with Gasteiger partial charge in [0.25, 0.3) is 0 Å². The van der Waals surface area contributed by atoms with E-state index >= 15 is 0 Å². The molecule has 0 radical (unpaired) electrons. The number of hydrogen-bond donors (Lipinski definition) is 0. The van der Waals surface area contributed by atoms with Crippen LogP contribution in [0.25, 0.3) is 16.8 Å². The lowest BCUT2D eigenvalue weighted by molar-refractivity contribution is -0.124. The van der Waals surface area contributed by atoms with Crippen LogP contribution in [0.5, 0.6) is 6.01 Å². The number of rotatable bonds is 8. The summed E-state index contributed by atoms with van der Waals surface area (Å²) < 4.78 is 22.9. The van der Waals surface area contributed by atoms with Crippen molar-refractivity contribution in [3.05, 3.63) is 77.0 Å². The third-order valence-corrected chi connectivity index (χ3v) is 11.2. The molecule has 0 bridgehead atoms. The SMILES string of the molecule is CN(c1nc(OC[C@@]23CCCN2C[C@H](F)C3)nc2c1CCN(c1cccc3cccc(Cl)c13)C2)[C@@H]1CCN(C(=O)/C=C/c2cn(C)cn2)C1. The van der Waals surface area contributed by atoms with E-state index in [4.69, 9.17) is 26.3 Å². The molecule has 0 spiro atoms. The van der Waals surface area contributed by atoms with Crippen LogP contribution in [0.4, 0.5) is 15.9 Å². The zero-order valence-corrected chi connectivity index (χ0v) is 28.8. The number of likely N-dealkylation sites (tertiary alicyclic amines) is 1. The van der Waals surface area contributed by atoms with Crippen molar-refractivity contribution in [2.45, 2.75) is 56.4 Å². The lowest BCUT2D eigenvalue weighted by Crippen LogP contribution is -2.44. The Labute approximate surface area is 291 Å². The average molecular weight is 685 g/mol. The number of benzene rings is 2. The summed E-state index contributed by atoms with van der Waals surface area (Å²) in [4.78, 5) is 36.2. The van der Waals surface area contributed by atoms with Gasteiger partial charge in [-0.15, -0.1) is 0 Å². The number of carbonyl (C=O) groups is 1. The number of anilines is 2. The second-order valence-electron chi connectivity index (χ2n) is 14.0. The average Bonchev–Trinajstić information content (AvgIpc) is 3.90. The smallest absolute Gasteiger partial charge is 0.318 e. The third-order valence-electron chi connectivity index (χ3n) is 10.9. The number of likely N-dealkylation sites (N-methyl/N-ethyl adjacent to an activating group) is 1. The molecule has 4 aliphatic rings. The second kappa shape index (κ2) is 12.9. The molecule has 2 aromatic carbocycles. The molecule has 256 valence electrons. The first kappa shape index (κ1) is 32.0. The van der Waals surface area contributed by atoms with Crippen LogP contribution in [0.3, 0.4) is 0 Å². The van der Waals surface area contributed by atoms with Crippen molar-refractivity contribution in [2.24, 2.45) is 7.05 Å². The zero-order valence-electron chi connectivity index (χ0n) is 28.1. The number of imidazole rings is 1. The number of ether oxygens (including phenoxy) is 1. The van der Waals surface area contributed by atoms with Crippen LogP contribution in [-0.2, 0) is 24.8 Å². The van der Waals surface area contributed by atoms with Crippen LogP contribution >= 0.6 is 11.6 Å². The number of halogens is 2. The molecule has 0 aliphatic carbocycles. The standard InChI is InChI=1S/C37H42ClFN8O2/c1-43-20-27(40-24-43)10-11-33(48)46-16-12-28(21-46)44(2)35-29-13-17-45(32-9-4-7-25-6-3-8-30(38)34(25)32)22-31(29)41-36(42-35)49-23-37-14-5-15-47(37)19-26(39)18-37/h3-4,6-11,20,24,26,28H,5,12-19,21-23H2,1-2H3/b11-10+/t26-,28-,37+/m1/s1. The number of hydrogen-bond acceptors (Lipinski definition) is 8. The Morgan fingerprint density at radius 2 is 2.02 bits per heavy atom. The van der Waals surface area contributed by atoms with Crippen molar-refractivity contribution in [1.82, 2.24) is 29.3 Å². The van der Waals surface area contributed by atoms with Gasteiger partial charge in [-0.3, -0.25) is 9.69 Å². The van der Waals surface area contributed by atoms with Crippen LogP contribution in [-0.4, -0.2) is 99.4 Å². The molecule has 1 amide bonds. The van der Waals surface area contributed by atoms with Crippen molar-refractivity contribution in [2.75, 3.05) is 56.2 Å². The number of carbonyl (C=O) groups excluding carboxylic acids is 1. The summed E-state index contributed by atoms with van der Waals surface area (Å²) >= 11 is 6.74. The molecule has 3 saturated heterocycles. The minimum atomic E-state index is -0.831. The maximum absolute atomic E-state index is 14.6. The van der Waals surface area contributed by atoms with E-state index in [1.165, 1.54) is 0 Å². The van der Waals surface area contributed by atoms with Gasteiger partial charge in [0.05, 0.1) is 34.8 Å². The summed E-state index contributed by atoms with van der Waals surface area (Å²) in [5.41, 5.74) is 3.55. The summed E-state index contributed by atoms with van der Waals surface area (Å²) in [6.45, 7) is 4.36. The molecule has 0 saturated carbocycles. The Balaban J connectivity index is 1.07. The lowest BCUT2D eigenvalue weighted by Gasteiger charge is -2.35. The summed E-state index contributed by atoms with van der Waals surface area (Å²) in [6, 6.07) is 12.7. The maximum Gasteiger partial charge on any atom is 0.318 e. The predicted octanol–water partition coefficient (Wildman–Crippen LogP) is 5.29. The topological polar surface area (TPSA) is 82.9 Å². The molecule has 6 heterocycles. The number of alkyl halides is 1. The molecule has 3 fully saturated rings. The van der Waals surface area contributed by atoms with E-state index in [2.05, 4.69) is 51.0 Å². The van der Waals surface area contributed by atoms with E-state index in [0.717, 1.165) is 83.0 Å². The minimum Gasteiger partial charge on any atom is -0.461 e. The fourth-order valence-electron chi connectivity index (χ4n) is 8.35. The Morgan fingerprint density at radius 3 is 2.86 bits per heavy atom.